The quantitative estimate of drug-likeness (QED) is 0.246. The number of amides is 1. The Hall–Kier alpha value is -2.91. The fourth-order valence-corrected chi connectivity index (χ4v) is 3.82. The first-order chi connectivity index (χ1) is 15.9. The van der Waals surface area contributed by atoms with Crippen molar-refractivity contribution in [2.75, 3.05) is 13.7 Å². The van der Waals surface area contributed by atoms with E-state index >= 15 is 0 Å². The highest BCUT2D eigenvalue weighted by atomic mass is 79.9. The molecule has 3 aromatic carbocycles. The van der Waals surface area contributed by atoms with Gasteiger partial charge in [-0.2, -0.15) is 5.10 Å². The summed E-state index contributed by atoms with van der Waals surface area (Å²) in [6, 6.07) is 14.8. The number of carbonyl (C=O) groups is 1. The monoisotopic (exact) mass is 578 g/mol. The van der Waals surface area contributed by atoms with Crippen molar-refractivity contribution in [1.82, 2.24) is 5.43 Å². The maximum Gasteiger partial charge on any atom is 0.275 e. The SMILES string of the molecule is CCOc1cc(/C=N\NC(=O)c2cc(Br)ccc2OC)cc(Br)c1OCc1ccc(F)cc1. The van der Waals surface area contributed by atoms with Crippen LogP contribution in [0.15, 0.2) is 68.6 Å². The van der Waals surface area contributed by atoms with Gasteiger partial charge in [-0.05, 0) is 76.4 Å². The van der Waals surface area contributed by atoms with E-state index in [0.29, 0.717) is 39.5 Å². The molecule has 0 spiro atoms. The van der Waals surface area contributed by atoms with Gasteiger partial charge in [0.05, 0.1) is 30.0 Å². The Bertz CT molecular complexity index is 1150. The minimum absolute atomic E-state index is 0.247. The molecule has 9 heteroatoms. The largest absolute Gasteiger partial charge is 0.496 e. The van der Waals surface area contributed by atoms with Crippen LogP contribution in [0.1, 0.15) is 28.4 Å². The normalized spacial score (nSPS) is 10.8. The number of hydrogen-bond acceptors (Lipinski definition) is 5. The Morgan fingerprint density at radius 1 is 1.06 bits per heavy atom. The lowest BCUT2D eigenvalue weighted by molar-refractivity contribution is 0.0952. The van der Waals surface area contributed by atoms with Crippen LogP contribution in [0, 0.1) is 5.82 Å². The van der Waals surface area contributed by atoms with Gasteiger partial charge in [-0.3, -0.25) is 4.79 Å². The lowest BCUT2D eigenvalue weighted by Crippen LogP contribution is -2.18. The van der Waals surface area contributed by atoms with Gasteiger partial charge < -0.3 is 14.2 Å². The van der Waals surface area contributed by atoms with Crippen LogP contribution in [-0.4, -0.2) is 25.8 Å². The Kier molecular flexibility index (Phi) is 8.85. The summed E-state index contributed by atoms with van der Waals surface area (Å²) in [7, 11) is 1.50. The average molecular weight is 580 g/mol. The van der Waals surface area contributed by atoms with E-state index in [9.17, 15) is 9.18 Å². The van der Waals surface area contributed by atoms with Gasteiger partial charge in [0.15, 0.2) is 11.5 Å². The number of benzene rings is 3. The van der Waals surface area contributed by atoms with Gasteiger partial charge in [-0.15, -0.1) is 0 Å². The molecular formula is C24H21Br2FN2O4. The number of hydrazone groups is 1. The van der Waals surface area contributed by atoms with Gasteiger partial charge in [0, 0.05) is 4.47 Å². The van der Waals surface area contributed by atoms with Crippen LogP contribution in [0.2, 0.25) is 0 Å². The predicted octanol–water partition coefficient (Wildman–Crippen LogP) is 6.10. The second-order valence-corrected chi connectivity index (χ2v) is 8.49. The maximum absolute atomic E-state index is 13.1. The molecule has 0 aliphatic rings. The first-order valence-electron chi connectivity index (χ1n) is 9.91. The van der Waals surface area contributed by atoms with Gasteiger partial charge in [-0.1, -0.05) is 28.1 Å². The molecule has 0 saturated heterocycles. The molecule has 0 aliphatic carbocycles. The minimum Gasteiger partial charge on any atom is -0.496 e. The third-order valence-electron chi connectivity index (χ3n) is 4.41. The van der Waals surface area contributed by atoms with Crippen molar-refractivity contribution in [3.63, 3.8) is 0 Å². The molecule has 0 fully saturated rings. The van der Waals surface area contributed by atoms with E-state index in [-0.39, 0.29) is 12.4 Å². The fourth-order valence-electron chi connectivity index (χ4n) is 2.88. The Labute approximate surface area is 208 Å². The van der Waals surface area contributed by atoms with Gasteiger partial charge in [-0.25, -0.2) is 9.82 Å². The molecule has 6 nitrogen and oxygen atoms in total. The molecule has 0 bridgehead atoms. The molecule has 1 amide bonds. The smallest absolute Gasteiger partial charge is 0.275 e. The molecule has 0 radical (unpaired) electrons. The minimum atomic E-state index is -0.409. The Morgan fingerprint density at radius 2 is 1.82 bits per heavy atom. The van der Waals surface area contributed by atoms with Crippen LogP contribution in [0.5, 0.6) is 17.2 Å². The van der Waals surface area contributed by atoms with Crippen molar-refractivity contribution in [1.29, 1.82) is 0 Å². The molecule has 0 aromatic heterocycles. The number of rotatable bonds is 9. The van der Waals surface area contributed by atoms with E-state index in [1.807, 2.05) is 6.92 Å². The zero-order valence-electron chi connectivity index (χ0n) is 17.9. The number of halogens is 3. The summed E-state index contributed by atoms with van der Waals surface area (Å²) in [6.45, 7) is 2.54. The Balaban J connectivity index is 1.74. The number of nitrogens with one attached hydrogen (secondary N) is 1. The second-order valence-electron chi connectivity index (χ2n) is 6.72. The van der Waals surface area contributed by atoms with Gasteiger partial charge in [0.25, 0.3) is 5.91 Å². The number of ether oxygens (including phenoxy) is 3. The zero-order chi connectivity index (χ0) is 23.8. The van der Waals surface area contributed by atoms with Crippen molar-refractivity contribution in [2.45, 2.75) is 13.5 Å². The van der Waals surface area contributed by atoms with Crippen molar-refractivity contribution >= 4 is 44.0 Å². The van der Waals surface area contributed by atoms with Crippen LogP contribution in [0.25, 0.3) is 0 Å². The predicted molar refractivity (Wildman–Crippen MR) is 132 cm³/mol. The van der Waals surface area contributed by atoms with Crippen LogP contribution in [-0.2, 0) is 6.61 Å². The summed E-state index contributed by atoms with van der Waals surface area (Å²) >= 11 is 6.85. The van der Waals surface area contributed by atoms with Crippen molar-refractivity contribution in [3.8, 4) is 17.2 Å². The standard InChI is InChI=1S/C24H21Br2FN2O4/c1-3-32-22-11-16(10-20(26)23(22)33-14-15-4-7-18(27)8-5-15)13-28-29-24(30)19-12-17(25)6-9-21(19)31-2/h4-13H,3,14H2,1-2H3,(H,29,30)/b28-13-. The maximum atomic E-state index is 13.1. The van der Waals surface area contributed by atoms with Crippen LogP contribution in [0.3, 0.4) is 0 Å². The first kappa shape index (κ1) is 24.7. The van der Waals surface area contributed by atoms with Crippen molar-refractivity contribution in [2.24, 2.45) is 5.10 Å². The summed E-state index contributed by atoms with van der Waals surface area (Å²) in [5.41, 5.74) is 4.35. The number of carbonyl (C=O) groups excluding carboxylic acids is 1. The molecule has 0 atom stereocenters. The highest BCUT2D eigenvalue weighted by Gasteiger charge is 2.14. The van der Waals surface area contributed by atoms with Gasteiger partial charge in [0.2, 0.25) is 0 Å². The van der Waals surface area contributed by atoms with Crippen molar-refractivity contribution in [3.05, 3.63) is 86.1 Å². The summed E-state index contributed by atoms with van der Waals surface area (Å²) in [4.78, 5) is 12.5. The molecule has 0 unspecified atom stereocenters. The third kappa shape index (κ3) is 6.79. The number of methoxy groups -OCH3 is 1. The van der Waals surface area contributed by atoms with Gasteiger partial charge >= 0.3 is 0 Å². The zero-order valence-corrected chi connectivity index (χ0v) is 21.1. The third-order valence-corrected chi connectivity index (χ3v) is 5.50. The van der Waals surface area contributed by atoms with E-state index in [1.54, 1.807) is 42.5 Å². The highest BCUT2D eigenvalue weighted by molar-refractivity contribution is 9.10. The molecule has 33 heavy (non-hydrogen) atoms. The van der Waals surface area contributed by atoms with Crippen LogP contribution >= 0.6 is 31.9 Å². The molecule has 0 heterocycles. The highest BCUT2D eigenvalue weighted by Crippen LogP contribution is 2.37. The number of hydrogen-bond donors (Lipinski definition) is 1. The average Bonchev–Trinajstić information content (AvgIpc) is 2.80. The summed E-state index contributed by atoms with van der Waals surface area (Å²) in [5.74, 6) is 0.753. The van der Waals surface area contributed by atoms with E-state index in [1.165, 1.54) is 25.5 Å². The molecule has 3 rings (SSSR count). The Morgan fingerprint density at radius 3 is 2.52 bits per heavy atom. The van der Waals surface area contributed by atoms with Crippen LogP contribution < -0.4 is 19.6 Å². The first-order valence-corrected chi connectivity index (χ1v) is 11.5. The summed E-state index contributed by atoms with van der Waals surface area (Å²) in [6.07, 6.45) is 1.50. The number of nitrogens with zero attached hydrogens (tertiary/aromatic N) is 1. The molecular weight excluding hydrogens is 559 g/mol. The van der Waals surface area contributed by atoms with Crippen molar-refractivity contribution < 1.29 is 23.4 Å². The lowest BCUT2D eigenvalue weighted by atomic mass is 10.2. The lowest BCUT2D eigenvalue weighted by Gasteiger charge is -2.14. The topological polar surface area (TPSA) is 69.2 Å². The van der Waals surface area contributed by atoms with E-state index in [0.717, 1.165) is 10.0 Å². The van der Waals surface area contributed by atoms with Gasteiger partial charge in [0.1, 0.15) is 18.2 Å². The molecule has 172 valence electrons. The summed E-state index contributed by atoms with van der Waals surface area (Å²) in [5, 5.41) is 4.05. The molecule has 1 N–H and O–H groups in total. The second kappa shape index (κ2) is 11.8. The fraction of sp³-hybridized carbons (Fsp3) is 0.167. The van der Waals surface area contributed by atoms with Crippen LogP contribution in [0.4, 0.5) is 4.39 Å². The summed E-state index contributed by atoms with van der Waals surface area (Å²) < 4.78 is 31.4. The van der Waals surface area contributed by atoms with E-state index in [4.69, 9.17) is 14.2 Å². The van der Waals surface area contributed by atoms with E-state index < -0.39 is 5.91 Å². The molecule has 0 saturated carbocycles. The molecule has 0 aliphatic heterocycles. The molecule has 3 aromatic rings. The van der Waals surface area contributed by atoms with E-state index in [2.05, 4.69) is 42.4 Å².